The van der Waals surface area contributed by atoms with Crippen molar-refractivity contribution in [1.29, 1.82) is 0 Å². The second-order valence-corrected chi connectivity index (χ2v) is 9.92. The van der Waals surface area contributed by atoms with E-state index in [1.807, 2.05) is 30.3 Å². The number of rotatable bonds is 7. The number of sulfonamides is 2. The lowest BCUT2D eigenvalue weighted by Gasteiger charge is -2.15. The van der Waals surface area contributed by atoms with Crippen LogP contribution in [0.5, 0.6) is 0 Å². The molecule has 2 aromatic carbocycles. The molecule has 8 heteroatoms. The van der Waals surface area contributed by atoms with E-state index in [-0.39, 0.29) is 16.3 Å². The molecule has 0 saturated carbocycles. The molecule has 0 bridgehead atoms. The van der Waals surface area contributed by atoms with Gasteiger partial charge in [0.05, 0.1) is 9.79 Å². The van der Waals surface area contributed by atoms with E-state index in [2.05, 4.69) is 4.72 Å². The SMILES string of the molecule is O=S(=O)(NCCc1ccccc1)c1ccc(S(=O)(=O)N2CCCC2)cc1. The van der Waals surface area contributed by atoms with Crippen LogP contribution in [0.4, 0.5) is 0 Å². The predicted octanol–water partition coefficient (Wildman–Crippen LogP) is 1.99. The Kier molecular flexibility index (Phi) is 5.76. The molecule has 1 heterocycles. The first-order valence-corrected chi connectivity index (χ1v) is 11.5. The Hall–Kier alpha value is -1.74. The molecule has 1 N–H and O–H groups in total. The van der Waals surface area contributed by atoms with Crippen molar-refractivity contribution in [3.63, 3.8) is 0 Å². The maximum absolute atomic E-state index is 12.5. The molecule has 1 aliphatic heterocycles. The van der Waals surface area contributed by atoms with Crippen molar-refractivity contribution in [2.24, 2.45) is 0 Å². The molecule has 0 amide bonds. The first kappa shape index (κ1) is 19.0. The average molecular weight is 395 g/mol. The van der Waals surface area contributed by atoms with Crippen molar-refractivity contribution in [2.75, 3.05) is 19.6 Å². The summed E-state index contributed by atoms with van der Waals surface area (Å²) >= 11 is 0. The Morgan fingerprint density at radius 3 is 2.00 bits per heavy atom. The molecule has 1 aliphatic rings. The zero-order chi connectivity index (χ0) is 18.6. The first-order chi connectivity index (χ1) is 12.4. The molecule has 140 valence electrons. The molecule has 1 fully saturated rings. The molecule has 0 aliphatic carbocycles. The van der Waals surface area contributed by atoms with E-state index in [4.69, 9.17) is 0 Å². The highest BCUT2D eigenvalue weighted by Crippen LogP contribution is 2.22. The van der Waals surface area contributed by atoms with Crippen molar-refractivity contribution >= 4 is 20.0 Å². The van der Waals surface area contributed by atoms with E-state index in [9.17, 15) is 16.8 Å². The Morgan fingerprint density at radius 2 is 1.38 bits per heavy atom. The number of hydrogen-bond donors (Lipinski definition) is 1. The van der Waals surface area contributed by atoms with Crippen molar-refractivity contribution in [3.05, 3.63) is 60.2 Å². The summed E-state index contributed by atoms with van der Waals surface area (Å²) in [7, 11) is -7.21. The lowest BCUT2D eigenvalue weighted by Crippen LogP contribution is -2.28. The summed E-state index contributed by atoms with van der Waals surface area (Å²) in [5.74, 6) is 0. The van der Waals surface area contributed by atoms with Gasteiger partial charge in [-0.05, 0) is 49.1 Å². The Balaban J connectivity index is 1.67. The fraction of sp³-hybridized carbons (Fsp3) is 0.333. The summed E-state index contributed by atoms with van der Waals surface area (Å²) in [6, 6.07) is 15.0. The number of benzene rings is 2. The Morgan fingerprint density at radius 1 is 0.808 bits per heavy atom. The van der Waals surface area contributed by atoms with Gasteiger partial charge in [-0.2, -0.15) is 4.31 Å². The van der Waals surface area contributed by atoms with Gasteiger partial charge in [-0.15, -0.1) is 0 Å². The molecule has 0 unspecified atom stereocenters. The van der Waals surface area contributed by atoms with E-state index >= 15 is 0 Å². The van der Waals surface area contributed by atoms with E-state index in [0.717, 1.165) is 18.4 Å². The quantitative estimate of drug-likeness (QED) is 0.778. The van der Waals surface area contributed by atoms with E-state index in [1.54, 1.807) is 0 Å². The van der Waals surface area contributed by atoms with Gasteiger partial charge in [0.1, 0.15) is 0 Å². The van der Waals surface area contributed by atoms with Crippen molar-refractivity contribution in [3.8, 4) is 0 Å². The van der Waals surface area contributed by atoms with E-state index in [0.29, 0.717) is 19.5 Å². The topological polar surface area (TPSA) is 83.5 Å². The minimum atomic E-state index is -3.67. The van der Waals surface area contributed by atoms with Crippen LogP contribution in [0.3, 0.4) is 0 Å². The van der Waals surface area contributed by atoms with Gasteiger partial charge in [0.2, 0.25) is 20.0 Å². The molecule has 26 heavy (non-hydrogen) atoms. The molecule has 0 atom stereocenters. The Bertz CT molecular complexity index is 934. The fourth-order valence-electron chi connectivity index (χ4n) is 2.93. The summed E-state index contributed by atoms with van der Waals surface area (Å²) in [5.41, 5.74) is 1.04. The van der Waals surface area contributed by atoms with Crippen molar-refractivity contribution < 1.29 is 16.8 Å². The molecule has 3 rings (SSSR count). The monoisotopic (exact) mass is 394 g/mol. The van der Waals surface area contributed by atoms with E-state index < -0.39 is 20.0 Å². The minimum absolute atomic E-state index is 0.0610. The van der Waals surface area contributed by atoms with Crippen LogP contribution in [0.25, 0.3) is 0 Å². The second-order valence-electron chi connectivity index (χ2n) is 6.22. The highest BCUT2D eigenvalue weighted by molar-refractivity contribution is 7.89. The summed E-state index contributed by atoms with van der Waals surface area (Å²) < 4.78 is 53.7. The maximum atomic E-state index is 12.5. The summed E-state index contributed by atoms with van der Waals surface area (Å²) in [4.78, 5) is 0.188. The van der Waals surface area contributed by atoms with Gasteiger partial charge < -0.3 is 0 Å². The Labute approximate surface area is 155 Å². The molecule has 0 spiro atoms. The maximum Gasteiger partial charge on any atom is 0.243 e. The van der Waals surface area contributed by atoms with Crippen LogP contribution in [-0.4, -0.2) is 40.8 Å². The number of nitrogens with zero attached hydrogens (tertiary/aromatic N) is 1. The third-order valence-corrected chi connectivity index (χ3v) is 7.78. The van der Waals surface area contributed by atoms with Gasteiger partial charge in [-0.1, -0.05) is 30.3 Å². The van der Waals surface area contributed by atoms with Crippen molar-refractivity contribution in [2.45, 2.75) is 29.1 Å². The third-order valence-electron chi connectivity index (χ3n) is 4.39. The average Bonchev–Trinajstić information content (AvgIpc) is 3.18. The molecule has 1 saturated heterocycles. The van der Waals surface area contributed by atoms with E-state index in [1.165, 1.54) is 28.6 Å². The van der Waals surface area contributed by atoms with Crippen LogP contribution in [0.15, 0.2) is 64.4 Å². The largest absolute Gasteiger partial charge is 0.243 e. The molecule has 2 aromatic rings. The summed E-state index contributed by atoms with van der Waals surface area (Å²) in [6.07, 6.45) is 2.30. The fourth-order valence-corrected chi connectivity index (χ4v) is 5.47. The molecular weight excluding hydrogens is 372 g/mol. The predicted molar refractivity (Wildman–Crippen MR) is 99.8 cm³/mol. The van der Waals surface area contributed by atoms with Gasteiger partial charge in [-0.25, -0.2) is 21.6 Å². The zero-order valence-corrected chi connectivity index (χ0v) is 16.0. The van der Waals surface area contributed by atoms with Crippen molar-refractivity contribution in [1.82, 2.24) is 9.03 Å². The lowest BCUT2D eigenvalue weighted by atomic mass is 10.2. The number of hydrogen-bond acceptors (Lipinski definition) is 4. The standard InChI is InChI=1S/C18H22N2O4S2/c21-25(22,19-13-12-16-6-2-1-3-7-16)17-8-10-18(11-9-17)26(23,24)20-14-4-5-15-20/h1-3,6-11,19H,4-5,12-15H2. The van der Waals surface area contributed by atoms with Gasteiger partial charge in [0.15, 0.2) is 0 Å². The third kappa shape index (κ3) is 4.32. The lowest BCUT2D eigenvalue weighted by molar-refractivity contribution is 0.477. The smallest absolute Gasteiger partial charge is 0.211 e. The number of nitrogens with one attached hydrogen (secondary N) is 1. The summed E-state index contributed by atoms with van der Waals surface area (Å²) in [5, 5.41) is 0. The highest BCUT2D eigenvalue weighted by atomic mass is 32.2. The molecular formula is C18H22N2O4S2. The molecule has 0 aromatic heterocycles. The second kappa shape index (κ2) is 7.87. The van der Waals surface area contributed by atoms with Crippen LogP contribution in [0.1, 0.15) is 18.4 Å². The zero-order valence-electron chi connectivity index (χ0n) is 14.3. The van der Waals surface area contributed by atoms with Gasteiger partial charge in [-0.3, -0.25) is 0 Å². The summed E-state index contributed by atoms with van der Waals surface area (Å²) in [6.45, 7) is 1.31. The van der Waals surface area contributed by atoms with Crippen LogP contribution in [0.2, 0.25) is 0 Å². The normalized spacial score (nSPS) is 16.0. The van der Waals surface area contributed by atoms with Crippen LogP contribution < -0.4 is 4.72 Å². The van der Waals surface area contributed by atoms with Crippen LogP contribution >= 0.6 is 0 Å². The molecule has 0 radical (unpaired) electrons. The van der Waals surface area contributed by atoms with Crippen LogP contribution in [-0.2, 0) is 26.5 Å². The van der Waals surface area contributed by atoms with Crippen LogP contribution in [0, 0.1) is 0 Å². The highest BCUT2D eigenvalue weighted by Gasteiger charge is 2.27. The molecule has 6 nitrogen and oxygen atoms in total. The van der Waals surface area contributed by atoms with Gasteiger partial charge in [0, 0.05) is 19.6 Å². The van der Waals surface area contributed by atoms with Gasteiger partial charge >= 0.3 is 0 Å². The minimum Gasteiger partial charge on any atom is -0.211 e. The van der Waals surface area contributed by atoms with Gasteiger partial charge in [0.25, 0.3) is 0 Å². The first-order valence-electron chi connectivity index (χ1n) is 8.53.